The number of hydrogen-bond acceptors (Lipinski definition) is 3. The van der Waals surface area contributed by atoms with Gasteiger partial charge in [0.1, 0.15) is 6.17 Å². The minimum Gasteiger partial charge on any atom is -0.309 e. The van der Waals surface area contributed by atoms with E-state index in [1.807, 2.05) is 30.3 Å². The summed E-state index contributed by atoms with van der Waals surface area (Å²) in [5.74, 6) is -1.93. The third kappa shape index (κ3) is 5.85. The zero-order chi connectivity index (χ0) is 14.3. The molecule has 1 rings (SSSR count). The van der Waals surface area contributed by atoms with Crippen molar-refractivity contribution < 1.29 is 18.0 Å². The van der Waals surface area contributed by atoms with Crippen molar-refractivity contribution in [2.45, 2.75) is 31.6 Å². The minimum atomic E-state index is -4.88. The van der Waals surface area contributed by atoms with Gasteiger partial charge in [0.2, 0.25) is 0 Å². The van der Waals surface area contributed by atoms with E-state index in [-0.39, 0.29) is 6.54 Å². The molecule has 3 nitrogen and oxygen atoms in total. The Kier molecular flexibility index (Phi) is 5.98. The van der Waals surface area contributed by atoms with E-state index in [9.17, 15) is 18.0 Å². The highest BCUT2D eigenvalue weighted by molar-refractivity contribution is 5.88. The van der Waals surface area contributed by atoms with Crippen LogP contribution in [-0.2, 0) is 11.2 Å². The van der Waals surface area contributed by atoms with Crippen molar-refractivity contribution in [3.05, 3.63) is 35.9 Å². The van der Waals surface area contributed by atoms with Gasteiger partial charge in [0.25, 0.3) is 5.78 Å². The lowest BCUT2D eigenvalue weighted by molar-refractivity contribution is -0.173. The molecule has 1 aromatic carbocycles. The van der Waals surface area contributed by atoms with Gasteiger partial charge in [0.15, 0.2) is 0 Å². The van der Waals surface area contributed by atoms with Gasteiger partial charge in [-0.2, -0.15) is 13.2 Å². The van der Waals surface area contributed by atoms with Gasteiger partial charge in [0, 0.05) is 0 Å². The average Bonchev–Trinajstić information content (AvgIpc) is 2.37. The van der Waals surface area contributed by atoms with Crippen LogP contribution in [0.2, 0.25) is 0 Å². The lowest BCUT2D eigenvalue weighted by Gasteiger charge is -2.14. The lowest BCUT2D eigenvalue weighted by atomic mass is 10.1. The molecule has 3 N–H and O–H groups in total. The van der Waals surface area contributed by atoms with Gasteiger partial charge in [-0.1, -0.05) is 30.3 Å². The maximum atomic E-state index is 12.0. The van der Waals surface area contributed by atoms with Crippen molar-refractivity contribution in [1.29, 1.82) is 0 Å². The summed E-state index contributed by atoms with van der Waals surface area (Å²) in [6, 6.07) is 9.78. The van der Waals surface area contributed by atoms with Crippen LogP contribution in [0.25, 0.3) is 0 Å². The third-order valence-electron chi connectivity index (χ3n) is 2.66. The second-order valence-corrected chi connectivity index (χ2v) is 4.24. The number of ketones is 1. The Labute approximate surface area is 110 Å². The molecule has 6 heteroatoms. The van der Waals surface area contributed by atoms with E-state index in [0.29, 0.717) is 6.42 Å². The quantitative estimate of drug-likeness (QED) is 0.591. The first-order valence-electron chi connectivity index (χ1n) is 6.05. The molecule has 106 valence electrons. The molecule has 0 aliphatic rings. The van der Waals surface area contributed by atoms with Gasteiger partial charge in [-0.15, -0.1) is 0 Å². The van der Waals surface area contributed by atoms with Crippen LogP contribution in [0.3, 0.4) is 0 Å². The smallest absolute Gasteiger partial charge is 0.309 e. The summed E-state index contributed by atoms with van der Waals surface area (Å²) in [5.41, 5.74) is 6.29. The molecule has 0 spiro atoms. The molecule has 0 aromatic heterocycles. The van der Waals surface area contributed by atoms with Crippen molar-refractivity contribution in [3.8, 4) is 0 Å². The van der Waals surface area contributed by atoms with Crippen LogP contribution in [0.5, 0.6) is 0 Å². The number of nitrogens with one attached hydrogen (secondary N) is 1. The van der Waals surface area contributed by atoms with E-state index < -0.39 is 18.1 Å². The third-order valence-corrected chi connectivity index (χ3v) is 2.66. The normalized spacial score (nSPS) is 13.3. The van der Waals surface area contributed by atoms with Crippen LogP contribution >= 0.6 is 0 Å². The molecule has 0 saturated carbocycles. The van der Waals surface area contributed by atoms with E-state index in [1.54, 1.807) is 0 Å². The highest BCUT2D eigenvalue weighted by atomic mass is 19.4. The van der Waals surface area contributed by atoms with Gasteiger partial charge in [-0.05, 0) is 31.4 Å². The maximum Gasteiger partial charge on any atom is 0.453 e. The second-order valence-electron chi connectivity index (χ2n) is 4.24. The van der Waals surface area contributed by atoms with Crippen LogP contribution in [0.4, 0.5) is 13.2 Å². The van der Waals surface area contributed by atoms with Gasteiger partial charge in [-0.25, -0.2) is 0 Å². The number of aryl methyl sites for hydroxylation is 1. The molecule has 1 aromatic rings. The monoisotopic (exact) mass is 274 g/mol. The highest BCUT2D eigenvalue weighted by Gasteiger charge is 2.41. The van der Waals surface area contributed by atoms with E-state index in [1.165, 1.54) is 5.56 Å². The Morgan fingerprint density at radius 1 is 1.21 bits per heavy atom. The summed E-state index contributed by atoms with van der Waals surface area (Å²) in [6.45, 7) is 0.288. The summed E-state index contributed by atoms with van der Waals surface area (Å²) in [7, 11) is 0. The molecule has 1 unspecified atom stereocenters. The molecule has 0 aliphatic carbocycles. The molecule has 1 atom stereocenters. The van der Waals surface area contributed by atoms with E-state index in [4.69, 9.17) is 5.73 Å². The fourth-order valence-electron chi connectivity index (χ4n) is 1.63. The molecule has 0 heterocycles. The predicted molar refractivity (Wildman–Crippen MR) is 66.4 cm³/mol. The van der Waals surface area contributed by atoms with Crippen LogP contribution in [0, 0.1) is 0 Å². The molecule has 0 fully saturated rings. The molecule has 0 bridgehead atoms. The topological polar surface area (TPSA) is 55.1 Å². The number of rotatable bonds is 7. The first-order valence-corrected chi connectivity index (χ1v) is 6.05. The van der Waals surface area contributed by atoms with E-state index >= 15 is 0 Å². The fourth-order valence-corrected chi connectivity index (χ4v) is 1.63. The fraction of sp³-hybridized carbons (Fsp3) is 0.462. The summed E-state index contributed by atoms with van der Waals surface area (Å²) in [4.78, 5) is 10.7. The Bertz CT molecular complexity index is 393. The van der Waals surface area contributed by atoms with Crippen molar-refractivity contribution in [2.75, 3.05) is 6.54 Å². The molecule has 0 saturated heterocycles. The van der Waals surface area contributed by atoms with Crippen LogP contribution in [-0.4, -0.2) is 24.7 Å². The summed E-state index contributed by atoms with van der Waals surface area (Å²) < 4.78 is 36.1. The Morgan fingerprint density at radius 3 is 2.42 bits per heavy atom. The Hall–Kier alpha value is -1.40. The number of alkyl halides is 3. The summed E-state index contributed by atoms with van der Waals surface area (Å²) in [6.07, 6.45) is -4.21. The number of benzene rings is 1. The zero-order valence-electron chi connectivity index (χ0n) is 10.4. The number of hydrogen-bond donors (Lipinski definition) is 2. The van der Waals surface area contributed by atoms with Crippen molar-refractivity contribution in [2.24, 2.45) is 5.73 Å². The molecule has 19 heavy (non-hydrogen) atoms. The zero-order valence-corrected chi connectivity index (χ0v) is 10.4. The van der Waals surface area contributed by atoms with Gasteiger partial charge in [-0.3, -0.25) is 10.1 Å². The van der Waals surface area contributed by atoms with Gasteiger partial charge < -0.3 is 5.73 Å². The van der Waals surface area contributed by atoms with Gasteiger partial charge >= 0.3 is 6.18 Å². The minimum absolute atomic E-state index is 0.288. The summed E-state index contributed by atoms with van der Waals surface area (Å²) in [5, 5.41) is 2.38. The van der Waals surface area contributed by atoms with E-state index in [0.717, 1.165) is 12.8 Å². The molecule has 0 amide bonds. The molecular weight excluding hydrogens is 257 g/mol. The van der Waals surface area contributed by atoms with Gasteiger partial charge in [0.05, 0.1) is 0 Å². The predicted octanol–water partition coefficient (Wildman–Crippen LogP) is 2.02. The van der Waals surface area contributed by atoms with Crippen LogP contribution in [0.15, 0.2) is 30.3 Å². The van der Waals surface area contributed by atoms with Crippen molar-refractivity contribution in [1.82, 2.24) is 5.32 Å². The first kappa shape index (κ1) is 15.7. The van der Waals surface area contributed by atoms with Crippen LogP contribution < -0.4 is 11.1 Å². The van der Waals surface area contributed by atoms with Crippen molar-refractivity contribution in [3.63, 3.8) is 0 Å². The lowest BCUT2D eigenvalue weighted by Crippen LogP contribution is -2.50. The summed E-state index contributed by atoms with van der Waals surface area (Å²) >= 11 is 0. The highest BCUT2D eigenvalue weighted by Crippen LogP contribution is 2.16. The molecular formula is C13H17F3N2O. The standard InChI is InChI=1S/C13H17F3N2O/c14-13(15,16)11(19)12(17)18-9-5-4-8-10-6-2-1-3-7-10/h1-3,6-7,12,18H,4-5,8-9,17H2. The van der Waals surface area contributed by atoms with E-state index in [2.05, 4.69) is 5.32 Å². The number of carbonyl (C=O) groups is 1. The number of nitrogens with two attached hydrogens (primary N) is 1. The number of unbranched alkanes of at least 4 members (excludes halogenated alkanes) is 1. The Balaban J connectivity index is 2.16. The average molecular weight is 274 g/mol. The van der Waals surface area contributed by atoms with Crippen molar-refractivity contribution >= 4 is 5.78 Å². The SMILES string of the molecule is NC(NCCCCc1ccccc1)C(=O)C(F)(F)F. The second kappa shape index (κ2) is 7.25. The molecule has 0 aliphatic heterocycles. The Morgan fingerprint density at radius 2 is 1.84 bits per heavy atom. The molecule has 0 radical (unpaired) electrons. The number of carbonyl (C=O) groups excluding carboxylic acids is 1. The number of halogens is 3. The van der Waals surface area contributed by atoms with Crippen LogP contribution in [0.1, 0.15) is 18.4 Å². The first-order chi connectivity index (χ1) is 8.91. The number of Topliss-reactive ketones (excluding diaryl/α,β-unsaturated/α-hetero) is 1. The maximum absolute atomic E-state index is 12.0. The largest absolute Gasteiger partial charge is 0.453 e.